The summed E-state index contributed by atoms with van der Waals surface area (Å²) in [6, 6.07) is 11.3. The van der Waals surface area contributed by atoms with Gasteiger partial charge >= 0.3 is 6.09 Å². The van der Waals surface area contributed by atoms with Crippen LogP contribution in [0.25, 0.3) is 11.1 Å². The van der Waals surface area contributed by atoms with Crippen molar-refractivity contribution in [1.82, 2.24) is 5.32 Å². The highest BCUT2D eigenvalue weighted by atomic mass is 35.5. The van der Waals surface area contributed by atoms with Gasteiger partial charge in [0.05, 0.1) is 12.3 Å². The molecule has 3 rings (SSSR count). The molecule has 1 saturated heterocycles. The molecule has 2 aromatic rings. The molecular formula is C19H20ClFN2O2. The van der Waals surface area contributed by atoms with Crippen molar-refractivity contribution in [3.8, 4) is 11.1 Å². The van der Waals surface area contributed by atoms with E-state index in [4.69, 9.17) is 16.3 Å². The molecule has 2 aromatic carbocycles. The number of amides is 1. The first-order valence-corrected chi connectivity index (χ1v) is 8.69. The lowest BCUT2D eigenvalue weighted by molar-refractivity contribution is 0.131. The molecule has 1 heterocycles. The van der Waals surface area contributed by atoms with Crippen molar-refractivity contribution in [2.75, 3.05) is 25.0 Å². The summed E-state index contributed by atoms with van der Waals surface area (Å²) in [5.74, 6) is -0.00350. The lowest BCUT2D eigenvalue weighted by Crippen LogP contribution is -2.31. The molecule has 0 atom stereocenters. The summed E-state index contributed by atoms with van der Waals surface area (Å²) in [5.41, 5.74) is 1.76. The van der Waals surface area contributed by atoms with E-state index in [0.29, 0.717) is 28.8 Å². The first-order valence-electron chi connectivity index (χ1n) is 8.32. The first-order chi connectivity index (χ1) is 12.1. The van der Waals surface area contributed by atoms with E-state index in [0.717, 1.165) is 31.5 Å². The van der Waals surface area contributed by atoms with Crippen LogP contribution in [0.15, 0.2) is 42.5 Å². The van der Waals surface area contributed by atoms with Crippen molar-refractivity contribution in [2.24, 2.45) is 5.92 Å². The second-order valence-electron chi connectivity index (χ2n) is 6.12. The number of hydrogen-bond donors (Lipinski definition) is 2. The van der Waals surface area contributed by atoms with Gasteiger partial charge in [0.15, 0.2) is 0 Å². The van der Waals surface area contributed by atoms with Crippen molar-refractivity contribution in [3.63, 3.8) is 0 Å². The van der Waals surface area contributed by atoms with Gasteiger partial charge in [-0.3, -0.25) is 5.32 Å². The van der Waals surface area contributed by atoms with E-state index >= 15 is 0 Å². The van der Waals surface area contributed by atoms with Gasteiger partial charge in [0.2, 0.25) is 0 Å². The van der Waals surface area contributed by atoms with Crippen LogP contribution in [0.5, 0.6) is 0 Å². The summed E-state index contributed by atoms with van der Waals surface area (Å²) in [6.45, 7) is 2.29. The number of ether oxygens (including phenoxy) is 1. The van der Waals surface area contributed by atoms with Gasteiger partial charge in [0.25, 0.3) is 0 Å². The number of nitrogens with one attached hydrogen (secondary N) is 2. The number of hydrogen-bond acceptors (Lipinski definition) is 3. The van der Waals surface area contributed by atoms with Gasteiger partial charge < -0.3 is 10.1 Å². The summed E-state index contributed by atoms with van der Waals surface area (Å²) in [5, 5.41) is 6.53. The van der Waals surface area contributed by atoms with Gasteiger partial charge in [0.1, 0.15) is 5.82 Å². The fourth-order valence-corrected chi connectivity index (χ4v) is 3.10. The van der Waals surface area contributed by atoms with E-state index in [1.54, 1.807) is 18.2 Å². The minimum Gasteiger partial charge on any atom is -0.449 e. The van der Waals surface area contributed by atoms with Crippen LogP contribution in [-0.4, -0.2) is 25.8 Å². The Morgan fingerprint density at radius 2 is 2.04 bits per heavy atom. The zero-order valence-corrected chi connectivity index (χ0v) is 14.5. The SMILES string of the molecule is O=C(Nc1ccc(F)cc1-c1cccc(Cl)c1)OCC1CCNCC1. The van der Waals surface area contributed by atoms with Gasteiger partial charge in [0, 0.05) is 10.6 Å². The number of rotatable bonds is 4. The van der Waals surface area contributed by atoms with Crippen LogP contribution in [0.1, 0.15) is 12.8 Å². The molecule has 1 amide bonds. The largest absolute Gasteiger partial charge is 0.449 e. The number of halogens is 2. The third kappa shape index (κ3) is 4.94. The van der Waals surface area contributed by atoms with E-state index in [1.807, 2.05) is 6.07 Å². The fraction of sp³-hybridized carbons (Fsp3) is 0.316. The predicted molar refractivity (Wildman–Crippen MR) is 97.4 cm³/mol. The van der Waals surface area contributed by atoms with E-state index in [9.17, 15) is 9.18 Å². The van der Waals surface area contributed by atoms with Gasteiger partial charge in [-0.15, -0.1) is 0 Å². The van der Waals surface area contributed by atoms with E-state index < -0.39 is 6.09 Å². The Balaban J connectivity index is 1.70. The van der Waals surface area contributed by atoms with Gasteiger partial charge in [-0.25, -0.2) is 9.18 Å². The maximum Gasteiger partial charge on any atom is 0.411 e. The minimum atomic E-state index is -0.534. The molecule has 1 fully saturated rings. The molecule has 4 nitrogen and oxygen atoms in total. The smallest absolute Gasteiger partial charge is 0.411 e. The average Bonchev–Trinajstić information content (AvgIpc) is 2.62. The Kier molecular flexibility index (Phi) is 5.89. The molecule has 0 saturated carbocycles. The Labute approximate surface area is 151 Å². The van der Waals surface area contributed by atoms with Gasteiger partial charge in [-0.2, -0.15) is 0 Å². The monoisotopic (exact) mass is 362 g/mol. The van der Waals surface area contributed by atoms with E-state index in [2.05, 4.69) is 10.6 Å². The molecule has 0 aromatic heterocycles. The van der Waals surface area contributed by atoms with Crippen molar-refractivity contribution < 1.29 is 13.9 Å². The minimum absolute atomic E-state index is 0.382. The first kappa shape index (κ1) is 17.7. The molecule has 25 heavy (non-hydrogen) atoms. The predicted octanol–water partition coefficient (Wildman–Crippen LogP) is 4.69. The van der Waals surface area contributed by atoms with Crippen LogP contribution in [0.4, 0.5) is 14.9 Å². The molecule has 0 spiro atoms. The van der Waals surface area contributed by atoms with Crippen LogP contribution in [0.3, 0.4) is 0 Å². The second-order valence-corrected chi connectivity index (χ2v) is 6.55. The number of piperidine rings is 1. The lowest BCUT2D eigenvalue weighted by atomic mass is 9.99. The summed E-state index contributed by atoms with van der Waals surface area (Å²) in [7, 11) is 0. The summed E-state index contributed by atoms with van der Waals surface area (Å²) in [6.07, 6.45) is 1.46. The molecule has 6 heteroatoms. The normalized spacial score (nSPS) is 15.0. The summed E-state index contributed by atoms with van der Waals surface area (Å²) >= 11 is 6.02. The summed E-state index contributed by atoms with van der Waals surface area (Å²) < 4.78 is 19.0. The molecule has 0 aliphatic carbocycles. The Morgan fingerprint density at radius 3 is 2.80 bits per heavy atom. The highest BCUT2D eigenvalue weighted by Crippen LogP contribution is 2.30. The third-order valence-corrected chi connectivity index (χ3v) is 4.50. The average molecular weight is 363 g/mol. The number of benzene rings is 2. The topological polar surface area (TPSA) is 50.4 Å². The molecule has 1 aliphatic rings. The van der Waals surface area contributed by atoms with Gasteiger partial charge in [-0.1, -0.05) is 23.7 Å². The summed E-state index contributed by atoms with van der Waals surface area (Å²) in [4.78, 5) is 12.1. The van der Waals surface area contributed by atoms with Gasteiger partial charge in [-0.05, 0) is 67.7 Å². The van der Waals surface area contributed by atoms with Crippen LogP contribution in [-0.2, 0) is 4.74 Å². The van der Waals surface area contributed by atoms with Crippen molar-refractivity contribution >= 4 is 23.4 Å². The number of anilines is 1. The van der Waals surface area contributed by atoms with Crippen LogP contribution in [0, 0.1) is 11.7 Å². The second kappa shape index (κ2) is 8.32. The van der Waals surface area contributed by atoms with Crippen molar-refractivity contribution in [3.05, 3.63) is 53.3 Å². The highest BCUT2D eigenvalue weighted by Gasteiger charge is 2.16. The lowest BCUT2D eigenvalue weighted by Gasteiger charge is -2.22. The highest BCUT2D eigenvalue weighted by molar-refractivity contribution is 6.30. The van der Waals surface area contributed by atoms with E-state index in [-0.39, 0.29) is 5.82 Å². The zero-order valence-electron chi connectivity index (χ0n) is 13.7. The van der Waals surface area contributed by atoms with E-state index in [1.165, 1.54) is 18.2 Å². The van der Waals surface area contributed by atoms with Crippen LogP contribution < -0.4 is 10.6 Å². The molecule has 0 bridgehead atoms. The van der Waals surface area contributed by atoms with Crippen LogP contribution >= 0.6 is 11.6 Å². The maximum atomic E-state index is 13.7. The fourth-order valence-electron chi connectivity index (χ4n) is 2.91. The quantitative estimate of drug-likeness (QED) is 0.829. The maximum absolute atomic E-state index is 13.7. The standard InChI is InChI=1S/C19H20ClFN2O2/c20-15-3-1-2-14(10-15)17-11-16(21)4-5-18(17)23-19(24)25-12-13-6-8-22-9-7-13/h1-5,10-11,13,22H,6-9,12H2,(H,23,24). The molecule has 2 N–H and O–H groups in total. The Morgan fingerprint density at radius 1 is 1.24 bits per heavy atom. The van der Waals surface area contributed by atoms with Crippen molar-refractivity contribution in [2.45, 2.75) is 12.8 Å². The zero-order chi connectivity index (χ0) is 17.6. The van der Waals surface area contributed by atoms with Crippen molar-refractivity contribution in [1.29, 1.82) is 0 Å². The number of carbonyl (C=O) groups excluding carboxylic acids is 1. The molecule has 0 radical (unpaired) electrons. The number of carbonyl (C=O) groups is 1. The Bertz CT molecular complexity index is 748. The molecular weight excluding hydrogens is 343 g/mol. The molecule has 0 unspecified atom stereocenters. The third-order valence-electron chi connectivity index (χ3n) is 4.26. The molecule has 132 valence electrons. The Hall–Kier alpha value is -2.11. The molecule has 1 aliphatic heterocycles. The van der Waals surface area contributed by atoms with Crippen LogP contribution in [0.2, 0.25) is 5.02 Å².